The molecule has 1 aromatic rings. The third kappa shape index (κ3) is 2.69. The lowest BCUT2D eigenvalue weighted by Crippen LogP contribution is -2.30. The number of carbonyl (C=O) groups excluding carboxylic acids is 2. The number of rotatable bonds is 2. The van der Waals surface area contributed by atoms with Crippen molar-refractivity contribution in [3.05, 3.63) is 28.5 Å². The zero-order chi connectivity index (χ0) is 13.1. The monoisotopic (exact) mass is 312 g/mol. The zero-order valence-electron chi connectivity index (χ0n) is 9.93. The third-order valence-corrected chi connectivity index (χ3v) is 3.39. The maximum Gasteiger partial charge on any atom is 0.310 e. The van der Waals surface area contributed by atoms with Gasteiger partial charge in [-0.2, -0.15) is 0 Å². The van der Waals surface area contributed by atoms with Gasteiger partial charge in [0.2, 0.25) is 0 Å². The molecule has 96 valence electrons. The van der Waals surface area contributed by atoms with Crippen LogP contribution in [0, 0.1) is 5.92 Å². The number of nitrogens with zero attached hydrogens (tertiary/aromatic N) is 2. The Hall–Kier alpha value is -1.43. The number of likely N-dealkylation sites (tertiary alicyclic amines) is 1. The van der Waals surface area contributed by atoms with E-state index in [4.69, 9.17) is 0 Å². The lowest BCUT2D eigenvalue weighted by atomic mass is 10.1. The van der Waals surface area contributed by atoms with Crippen LogP contribution < -0.4 is 0 Å². The summed E-state index contributed by atoms with van der Waals surface area (Å²) in [5, 5.41) is 0. The summed E-state index contributed by atoms with van der Waals surface area (Å²) in [5.74, 6) is -0.624. The van der Waals surface area contributed by atoms with Crippen molar-refractivity contribution in [3.63, 3.8) is 0 Å². The topological polar surface area (TPSA) is 59.5 Å². The second kappa shape index (κ2) is 5.48. The molecule has 0 spiro atoms. The molecule has 0 bridgehead atoms. The Morgan fingerprint density at radius 2 is 2.28 bits per heavy atom. The van der Waals surface area contributed by atoms with Crippen LogP contribution in [0.15, 0.2) is 22.8 Å². The minimum Gasteiger partial charge on any atom is -0.469 e. The number of methoxy groups -OCH3 is 1. The molecule has 1 amide bonds. The first-order valence-corrected chi connectivity index (χ1v) is 6.41. The normalized spacial score (nSPS) is 18.8. The third-order valence-electron chi connectivity index (χ3n) is 2.94. The standard InChI is InChI=1S/C12H13BrN2O3/c1-18-12(17)8-5-6-15(7-8)11(16)9-3-2-4-10(13)14-9/h2-4,8H,5-7H2,1H3. The molecule has 0 aromatic carbocycles. The van der Waals surface area contributed by atoms with Gasteiger partial charge in [-0.25, -0.2) is 4.98 Å². The smallest absolute Gasteiger partial charge is 0.310 e. The number of hydrogen-bond donors (Lipinski definition) is 0. The van der Waals surface area contributed by atoms with Gasteiger partial charge in [-0.15, -0.1) is 0 Å². The van der Waals surface area contributed by atoms with E-state index >= 15 is 0 Å². The van der Waals surface area contributed by atoms with Crippen LogP contribution in [-0.4, -0.2) is 42.0 Å². The van der Waals surface area contributed by atoms with Gasteiger partial charge in [-0.1, -0.05) is 6.07 Å². The fourth-order valence-corrected chi connectivity index (χ4v) is 2.34. The maximum atomic E-state index is 12.1. The number of aromatic nitrogens is 1. The van der Waals surface area contributed by atoms with E-state index in [0.717, 1.165) is 0 Å². The van der Waals surface area contributed by atoms with Crippen LogP contribution in [0.1, 0.15) is 16.9 Å². The van der Waals surface area contributed by atoms with Crippen molar-refractivity contribution in [2.45, 2.75) is 6.42 Å². The number of esters is 1. The Kier molecular flexibility index (Phi) is 3.96. The molecule has 1 saturated heterocycles. The van der Waals surface area contributed by atoms with Crippen molar-refractivity contribution in [2.24, 2.45) is 5.92 Å². The molecule has 0 radical (unpaired) electrons. The molecule has 5 nitrogen and oxygen atoms in total. The molecule has 1 fully saturated rings. The average Bonchev–Trinajstić information content (AvgIpc) is 2.86. The number of pyridine rings is 1. The molecule has 2 rings (SSSR count). The Morgan fingerprint density at radius 3 is 2.94 bits per heavy atom. The van der Waals surface area contributed by atoms with Gasteiger partial charge in [-0.3, -0.25) is 9.59 Å². The molecule has 1 unspecified atom stereocenters. The Morgan fingerprint density at radius 1 is 1.50 bits per heavy atom. The van der Waals surface area contributed by atoms with Crippen molar-refractivity contribution in [2.75, 3.05) is 20.2 Å². The minimum absolute atomic E-state index is 0.150. The lowest BCUT2D eigenvalue weighted by molar-refractivity contribution is -0.144. The van der Waals surface area contributed by atoms with E-state index in [1.54, 1.807) is 23.1 Å². The summed E-state index contributed by atoms with van der Waals surface area (Å²) in [6.07, 6.45) is 0.645. The summed E-state index contributed by atoms with van der Waals surface area (Å²) >= 11 is 3.23. The number of hydrogen-bond acceptors (Lipinski definition) is 4. The molecule has 18 heavy (non-hydrogen) atoms. The van der Waals surface area contributed by atoms with Gasteiger partial charge >= 0.3 is 5.97 Å². The van der Waals surface area contributed by atoms with Gasteiger partial charge in [0, 0.05) is 13.1 Å². The van der Waals surface area contributed by atoms with Crippen molar-refractivity contribution in [1.82, 2.24) is 9.88 Å². The van der Waals surface area contributed by atoms with Gasteiger partial charge < -0.3 is 9.64 Å². The Bertz CT molecular complexity index is 478. The molecular formula is C12H13BrN2O3. The molecule has 1 aliphatic rings. The second-order valence-corrected chi connectivity index (χ2v) is 4.92. The van der Waals surface area contributed by atoms with Crippen LogP contribution in [0.4, 0.5) is 0 Å². The molecule has 6 heteroatoms. The van der Waals surface area contributed by atoms with E-state index < -0.39 is 0 Å². The summed E-state index contributed by atoms with van der Waals surface area (Å²) in [7, 11) is 1.36. The first-order chi connectivity index (χ1) is 8.61. The molecule has 1 atom stereocenters. The van der Waals surface area contributed by atoms with E-state index in [1.807, 2.05) is 0 Å². The lowest BCUT2D eigenvalue weighted by Gasteiger charge is -2.15. The zero-order valence-corrected chi connectivity index (χ0v) is 11.5. The van der Waals surface area contributed by atoms with Crippen molar-refractivity contribution >= 4 is 27.8 Å². The van der Waals surface area contributed by atoms with Gasteiger partial charge in [0.15, 0.2) is 0 Å². The van der Waals surface area contributed by atoms with E-state index in [0.29, 0.717) is 29.8 Å². The summed E-state index contributed by atoms with van der Waals surface area (Å²) in [6.45, 7) is 0.965. The molecule has 2 heterocycles. The Labute approximate surface area is 113 Å². The van der Waals surface area contributed by atoms with Crippen LogP contribution in [-0.2, 0) is 9.53 Å². The van der Waals surface area contributed by atoms with Crippen molar-refractivity contribution in [3.8, 4) is 0 Å². The highest BCUT2D eigenvalue weighted by molar-refractivity contribution is 9.10. The quantitative estimate of drug-likeness (QED) is 0.613. The molecule has 0 saturated carbocycles. The van der Waals surface area contributed by atoms with Crippen LogP contribution in [0.25, 0.3) is 0 Å². The number of amides is 1. The summed E-state index contributed by atoms with van der Waals surface area (Å²) in [5.41, 5.74) is 0.384. The van der Waals surface area contributed by atoms with Gasteiger partial charge in [-0.05, 0) is 34.5 Å². The van der Waals surface area contributed by atoms with E-state index in [-0.39, 0.29) is 17.8 Å². The fourth-order valence-electron chi connectivity index (χ4n) is 1.99. The molecule has 1 aliphatic heterocycles. The largest absolute Gasteiger partial charge is 0.469 e. The number of carbonyl (C=O) groups is 2. The van der Waals surface area contributed by atoms with E-state index in [1.165, 1.54) is 7.11 Å². The van der Waals surface area contributed by atoms with E-state index in [9.17, 15) is 9.59 Å². The molecular weight excluding hydrogens is 300 g/mol. The highest BCUT2D eigenvalue weighted by Crippen LogP contribution is 2.19. The van der Waals surface area contributed by atoms with Crippen molar-refractivity contribution < 1.29 is 14.3 Å². The van der Waals surface area contributed by atoms with Crippen LogP contribution in [0.2, 0.25) is 0 Å². The first-order valence-electron chi connectivity index (χ1n) is 5.61. The molecule has 0 aliphatic carbocycles. The van der Waals surface area contributed by atoms with Crippen LogP contribution >= 0.6 is 15.9 Å². The highest BCUT2D eigenvalue weighted by atomic mass is 79.9. The van der Waals surface area contributed by atoms with Gasteiger partial charge in [0.05, 0.1) is 13.0 Å². The van der Waals surface area contributed by atoms with Crippen LogP contribution in [0.3, 0.4) is 0 Å². The van der Waals surface area contributed by atoms with Crippen LogP contribution in [0.5, 0.6) is 0 Å². The highest BCUT2D eigenvalue weighted by Gasteiger charge is 2.32. The molecule has 0 N–H and O–H groups in total. The molecule has 1 aromatic heterocycles. The predicted molar refractivity (Wildman–Crippen MR) is 68.0 cm³/mol. The fraction of sp³-hybridized carbons (Fsp3) is 0.417. The predicted octanol–water partition coefficient (Wildman–Crippen LogP) is 1.48. The van der Waals surface area contributed by atoms with Crippen molar-refractivity contribution in [1.29, 1.82) is 0 Å². The Balaban J connectivity index is 2.06. The van der Waals surface area contributed by atoms with Gasteiger partial charge in [0.25, 0.3) is 5.91 Å². The second-order valence-electron chi connectivity index (χ2n) is 4.11. The SMILES string of the molecule is COC(=O)C1CCN(C(=O)c2cccc(Br)n2)C1. The number of halogens is 1. The maximum absolute atomic E-state index is 12.1. The number of ether oxygens (including phenoxy) is 1. The average molecular weight is 313 g/mol. The summed E-state index contributed by atoms with van der Waals surface area (Å²) in [4.78, 5) is 29.3. The summed E-state index contributed by atoms with van der Waals surface area (Å²) in [6, 6.07) is 5.19. The van der Waals surface area contributed by atoms with Gasteiger partial charge in [0.1, 0.15) is 10.3 Å². The first kappa shape index (κ1) is 13.0. The van der Waals surface area contributed by atoms with E-state index in [2.05, 4.69) is 25.7 Å². The minimum atomic E-state index is -0.257. The summed E-state index contributed by atoms with van der Waals surface area (Å²) < 4.78 is 5.31.